The molecule has 1 saturated carbocycles. The number of esters is 1. The quantitative estimate of drug-likeness (QED) is 0.400. The number of ether oxygens (including phenoxy) is 3. The van der Waals surface area contributed by atoms with Crippen molar-refractivity contribution in [3.8, 4) is 0 Å². The normalized spacial score (nSPS) is 33.7. The molecule has 19 heavy (non-hydrogen) atoms. The van der Waals surface area contributed by atoms with Gasteiger partial charge in [0.1, 0.15) is 6.29 Å². The molecule has 2 aliphatic rings. The number of carbonyl (C=O) groups is 2. The van der Waals surface area contributed by atoms with Gasteiger partial charge < -0.3 is 19.0 Å². The molecule has 0 spiro atoms. The van der Waals surface area contributed by atoms with E-state index in [9.17, 15) is 9.59 Å². The Balaban J connectivity index is 1.64. The van der Waals surface area contributed by atoms with Crippen LogP contribution >= 0.6 is 0 Å². The molecule has 0 aromatic carbocycles. The third-order valence-electron chi connectivity index (χ3n) is 4.07. The van der Waals surface area contributed by atoms with Gasteiger partial charge in [0.15, 0.2) is 6.29 Å². The van der Waals surface area contributed by atoms with Crippen LogP contribution < -0.4 is 0 Å². The number of carbonyl (C=O) groups excluding carboxylic acids is 2. The monoisotopic (exact) mass is 270 g/mol. The van der Waals surface area contributed by atoms with Gasteiger partial charge in [-0.1, -0.05) is 0 Å². The van der Waals surface area contributed by atoms with Gasteiger partial charge in [0, 0.05) is 18.6 Å². The molecular formula is C14H22O5. The highest BCUT2D eigenvalue weighted by atomic mass is 16.7. The largest absolute Gasteiger partial charge is 0.469 e. The molecule has 2 fully saturated rings. The van der Waals surface area contributed by atoms with Gasteiger partial charge in [0.05, 0.1) is 13.0 Å². The Morgan fingerprint density at radius 2 is 2.32 bits per heavy atom. The van der Waals surface area contributed by atoms with Gasteiger partial charge in [-0.05, 0) is 38.5 Å². The van der Waals surface area contributed by atoms with Gasteiger partial charge in [-0.2, -0.15) is 0 Å². The van der Waals surface area contributed by atoms with Crippen molar-refractivity contribution in [3.05, 3.63) is 0 Å². The van der Waals surface area contributed by atoms with Crippen molar-refractivity contribution in [1.29, 1.82) is 0 Å². The molecule has 5 nitrogen and oxygen atoms in total. The van der Waals surface area contributed by atoms with Crippen molar-refractivity contribution in [2.24, 2.45) is 11.3 Å². The zero-order valence-corrected chi connectivity index (χ0v) is 11.4. The molecule has 1 unspecified atom stereocenters. The van der Waals surface area contributed by atoms with Crippen molar-refractivity contribution in [1.82, 2.24) is 0 Å². The molecule has 0 aromatic heterocycles. The van der Waals surface area contributed by atoms with Crippen LogP contribution in [-0.4, -0.2) is 38.9 Å². The number of methoxy groups -OCH3 is 1. The summed E-state index contributed by atoms with van der Waals surface area (Å²) in [4.78, 5) is 22.5. The van der Waals surface area contributed by atoms with Crippen molar-refractivity contribution in [2.45, 2.75) is 44.8 Å². The summed E-state index contributed by atoms with van der Waals surface area (Å²) in [5.74, 6) is -0.524. The van der Waals surface area contributed by atoms with Crippen LogP contribution in [0.3, 0.4) is 0 Å². The van der Waals surface area contributed by atoms with Crippen LogP contribution in [0.15, 0.2) is 0 Å². The molecule has 3 atom stereocenters. The maximum atomic E-state index is 11.4. The van der Waals surface area contributed by atoms with E-state index in [0.717, 1.165) is 38.6 Å². The molecule has 0 radical (unpaired) electrons. The van der Waals surface area contributed by atoms with Crippen molar-refractivity contribution in [2.75, 3.05) is 20.3 Å². The maximum Gasteiger partial charge on any atom is 0.309 e. The molecule has 1 aliphatic carbocycles. The van der Waals surface area contributed by atoms with Crippen LogP contribution in [0.1, 0.15) is 38.5 Å². The minimum Gasteiger partial charge on any atom is -0.469 e. The number of hydrogen-bond acceptors (Lipinski definition) is 5. The Hall–Kier alpha value is -0.940. The average molecular weight is 270 g/mol. The third-order valence-corrected chi connectivity index (χ3v) is 4.07. The lowest BCUT2D eigenvalue weighted by Crippen LogP contribution is -2.23. The van der Waals surface area contributed by atoms with E-state index in [0.29, 0.717) is 19.4 Å². The van der Waals surface area contributed by atoms with Crippen molar-refractivity contribution < 1.29 is 23.8 Å². The number of aldehydes is 1. The minimum absolute atomic E-state index is 0.0865. The Kier molecular flexibility index (Phi) is 4.93. The fourth-order valence-corrected chi connectivity index (χ4v) is 2.71. The molecule has 2 rings (SSSR count). The van der Waals surface area contributed by atoms with E-state index < -0.39 is 5.41 Å². The van der Waals surface area contributed by atoms with Gasteiger partial charge in [0.2, 0.25) is 0 Å². The molecular weight excluding hydrogens is 248 g/mol. The smallest absolute Gasteiger partial charge is 0.309 e. The summed E-state index contributed by atoms with van der Waals surface area (Å²) < 4.78 is 15.8. The Morgan fingerprint density at radius 3 is 2.95 bits per heavy atom. The molecule has 0 amide bonds. The van der Waals surface area contributed by atoms with Crippen molar-refractivity contribution in [3.63, 3.8) is 0 Å². The van der Waals surface area contributed by atoms with Gasteiger partial charge in [-0.15, -0.1) is 0 Å². The highest BCUT2D eigenvalue weighted by Gasteiger charge is 2.58. The highest BCUT2D eigenvalue weighted by molar-refractivity contribution is 5.84. The number of hydrogen-bond donors (Lipinski definition) is 0. The minimum atomic E-state index is -0.496. The van der Waals surface area contributed by atoms with E-state index in [1.807, 2.05) is 0 Å². The van der Waals surface area contributed by atoms with Crippen LogP contribution in [0.2, 0.25) is 0 Å². The second kappa shape index (κ2) is 6.48. The summed E-state index contributed by atoms with van der Waals surface area (Å²) in [6, 6.07) is 0. The summed E-state index contributed by atoms with van der Waals surface area (Å²) >= 11 is 0. The fraction of sp³-hybridized carbons (Fsp3) is 0.857. The van der Waals surface area contributed by atoms with E-state index >= 15 is 0 Å². The molecule has 0 bridgehead atoms. The zero-order chi connectivity index (χ0) is 13.7. The second-order valence-electron chi connectivity index (χ2n) is 5.40. The lowest BCUT2D eigenvalue weighted by Gasteiger charge is -2.22. The first kappa shape index (κ1) is 14.5. The fourth-order valence-electron chi connectivity index (χ4n) is 2.71. The average Bonchev–Trinajstić information content (AvgIpc) is 3.19. The molecule has 1 saturated heterocycles. The lowest BCUT2D eigenvalue weighted by molar-refractivity contribution is -0.163. The van der Waals surface area contributed by atoms with Crippen LogP contribution in [0, 0.1) is 11.3 Å². The summed E-state index contributed by atoms with van der Waals surface area (Å²) in [5, 5.41) is 0. The highest BCUT2D eigenvalue weighted by Crippen LogP contribution is 2.54. The molecule has 0 aromatic rings. The summed E-state index contributed by atoms with van der Waals surface area (Å²) in [5.41, 5.74) is -0.496. The van der Waals surface area contributed by atoms with E-state index in [1.165, 1.54) is 7.11 Å². The van der Waals surface area contributed by atoms with E-state index in [1.54, 1.807) is 0 Å². The van der Waals surface area contributed by atoms with Crippen LogP contribution in [0.4, 0.5) is 0 Å². The Labute approximate surface area is 113 Å². The van der Waals surface area contributed by atoms with Crippen LogP contribution in [0.5, 0.6) is 0 Å². The molecule has 5 heteroatoms. The zero-order valence-electron chi connectivity index (χ0n) is 11.4. The summed E-state index contributed by atoms with van der Waals surface area (Å²) in [7, 11) is 1.36. The molecule has 0 N–H and O–H groups in total. The van der Waals surface area contributed by atoms with Crippen LogP contribution in [-0.2, 0) is 23.8 Å². The van der Waals surface area contributed by atoms with E-state index in [4.69, 9.17) is 9.47 Å². The van der Waals surface area contributed by atoms with Gasteiger partial charge in [-0.25, -0.2) is 0 Å². The predicted octanol–water partition coefficient (Wildman–Crippen LogP) is 1.69. The molecule has 1 aliphatic heterocycles. The lowest BCUT2D eigenvalue weighted by atomic mass is 9.99. The first-order valence-corrected chi connectivity index (χ1v) is 6.99. The van der Waals surface area contributed by atoms with E-state index in [2.05, 4.69) is 4.74 Å². The van der Waals surface area contributed by atoms with E-state index in [-0.39, 0.29) is 18.2 Å². The predicted molar refractivity (Wildman–Crippen MR) is 67.4 cm³/mol. The van der Waals surface area contributed by atoms with Gasteiger partial charge in [-0.3, -0.25) is 4.79 Å². The van der Waals surface area contributed by atoms with Crippen LogP contribution in [0.25, 0.3) is 0 Å². The standard InChI is InChI=1S/C14H22O5/c1-17-13(16)11-9-14(11,10-15)6-4-8-19-12-5-2-3-7-18-12/h10-12H,2-9H2,1H3/t11-,12?,14-/m0/s1. The number of rotatable bonds is 7. The van der Waals surface area contributed by atoms with Gasteiger partial charge >= 0.3 is 5.97 Å². The first-order valence-electron chi connectivity index (χ1n) is 6.99. The Morgan fingerprint density at radius 1 is 1.47 bits per heavy atom. The third kappa shape index (κ3) is 3.54. The van der Waals surface area contributed by atoms with Gasteiger partial charge in [0.25, 0.3) is 0 Å². The summed E-state index contributed by atoms with van der Waals surface area (Å²) in [6.45, 7) is 1.35. The molecule has 108 valence electrons. The Bertz CT molecular complexity index is 324. The van der Waals surface area contributed by atoms with Crippen molar-refractivity contribution >= 4 is 12.3 Å². The maximum absolute atomic E-state index is 11.4. The molecule has 1 heterocycles. The topological polar surface area (TPSA) is 61.8 Å². The second-order valence-corrected chi connectivity index (χ2v) is 5.40. The first-order chi connectivity index (χ1) is 9.22. The SMILES string of the molecule is COC(=O)[C@@H]1C[C@]1(C=O)CCCOC1CCCCO1. The summed E-state index contributed by atoms with van der Waals surface area (Å²) in [6.07, 6.45) is 6.09.